The van der Waals surface area contributed by atoms with Gasteiger partial charge < -0.3 is 5.73 Å². The first kappa shape index (κ1) is 13.5. The number of nitrogens with two attached hydrogens (primary N) is 1. The smallest absolute Gasteiger partial charge is 0.137 e. The van der Waals surface area contributed by atoms with Crippen molar-refractivity contribution in [3.63, 3.8) is 0 Å². The Bertz CT molecular complexity index is 559. The molecule has 2 aromatic carbocycles. The van der Waals surface area contributed by atoms with Crippen LogP contribution in [-0.2, 0) is 6.42 Å². The maximum atomic E-state index is 13.4. The van der Waals surface area contributed by atoms with Crippen LogP contribution in [0.3, 0.4) is 0 Å². The van der Waals surface area contributed by atoms with Crippen LogP contribution in [0.2, 0.25) is 5.02 Å². The van der Waals surface area contributed by atoms with Crippen molar-refractivity contribution >= 4 is 27.5 Å². The molecule has 1 atom stereocenters. The van der Waals surface area contributed by atoms with Crippen LogP contribution >= 0.6 is 27.5 Å². The van der Waals surface area contributed by atoms with E-state index in [-0.39, 0.29) is 11.9 Å². The molecule has 0 bridgehead atoms. The van der Waals surface area contributed by atoms with E-state index in [1.165, 1.54) is 6.07 Å². The standard InChI is InChI=1S/C14H12BrClFN/c15-14-11(5-2-6-12(14)17)13(18)8-9-3-1-4-10(16)7-9/h1-7,13H,8,18H2. The fraction of sp³-hybridized carbons (Fsp3) is 0.143. The maximum Gasteiger partial charge on any atom is 0.137 e. The molecule has 0 heterocycles. The zero-order valence-electron chi connectivity index (χ0n) is 9.54. The van der Waals surface area contributed by atoms with Crippen molar-refractivity contribution in [3.8, 4) is 0 Å². The quantitative estimate of drug-likeness (QED) is 0.883. The molecule has 0 aliphatic carbocycles. The number of halogens is 3. The summed E-state index contributed by atoms with van der Waals surface area (Å²) in [5, 5.41) is 0.679. The van der Waals surface area contributed by atoms with E-state index >= 15 is 0 Å². The van der Waals surface area contributed by atoms with Gasteiger partial charge in [-0.15, -0.1) is 0 Å². The summed E-state index contributed by atoms with van der Waals surface area (Å²) in [7, 11) is 0. The average Bonchev–Trinajstić information content (AvgIpc) is 2.32. The Morgan fingerprint density at radius 1 is 1.22 bits per heavy atom. The monoisotopic (exact) mass is 327 g/mol. The van der Waals surface area contributed by atoms with Gasteiger partial charge in [0.1, 0.15) is 5.82 Å². The first-order valence-corrected chi connectivity index (χ1v) is 6.69. The molecule has 94 valence electrons. The maximum absolute atomic E-state index is 13.4. The predicted molar refractivity (Wildman–Crippen MR) is 76.2 cm³/mol. The highest BCUT2D eigenvalue weighted by Crippen LogP contribution is 2.27. The van der Waals surface area contributed by atoms with Crippen molar-refractivity contribution in [1.29, 1.82) is 0 Å². The van der Waals surface area contributed by atoms with Crippen LogP contribution < -0.4 is 5.73 Å². The van der Waals surface area contributed by atoms with Crippen molar-refractivity contribution in [3.05, 3.63) is 68.9 Å². The second kappa shape index (κ2) is 5.83. The van der Waals surface area contributed by atoms with Crippen LogP contribution in [0.4, 0.5) is 4.39 Å². The lowest BCUT2D eigenvalue weighted by molar-refractivity contribution is 0.610. The van der Waals surface area contributed by atoms with E-state index in [2.05, 4.69) is 15.9 Å². The molecule has 0 radical (unpaired) electrons. The second-order valence-electron chi connectivity index (χ2n) is 4.08. The molecule has 1 nitrogen and oxygen atoms in total. The summed E-state index contributed by atoms with van der Waals surface area (Å²) in [6.07, 6.45) is 0.614. The van der Waals surface area contributed by atoms with E-state index in [9.17, 15) is 4.39 Å². The summed E-state index contributed by atoms with van der Waals surface area (Å²) < 4.78 is 13.8. The Balaban J connectivity index is 2.22. The zero-order valence-corrected chi connectivity index (χ0v) is 11.9. The van der Waals surface area contributed by atoms with E-state index in [0.29, 0.717) is 15.9 Å². The Hall–Kier alpha value is -0.900. The topological polar surface area (TPSA) is 26.0 Å². The third-order valence-corrected chi connectivity index (χ3v) is 3.80. The SMILES string of the molecule is NC(Cc1cccc(Cl)c1)c1cccc(F)c1Br. The molecule has 0 aliphatic rings. The Morgan fingerprint density at radius 3 is 2.67 bits per heavy atom. The van der Waals surface area contributed by atoms with Crippen molar-refractivity contribution in [2.45, 2.75) is 12.5 Å². The first-order chi connectivity index (χ1) is 8.58. The van der Waals surface area contributed by atoms with Gasteiger partial charge in [0.2, 0.25) is 0 Å². The largest absolute Gasteiger partial charge is 0.324 e. The molecule has 0 saturated heterocycles. The molecular formula is C14H12BrClFN. The van der Waals surface area contributed by atoms with Crippen molar-refractivity contribution in [2.75, 3.05) is 0 Å². The van der Waals surface area contributed by atoms with Crippen molar-refractivity contribution in [2.24, 2.45) is 5.73 Å². The third kappa shape index (κ3) is 3.10. The molecule has 2 aromatic rings. The molecule has 0 amide bonds. The van der Waals surface area contributed by atoms with Crippen molar-refractivity contribution < 1.29 is 4.39 Å². The van der Waals surface area contributed by atoms with E-state index in [0.717, 1.165) is 11.1 Å². The predicted octanol–water partition coefficient (Wildman–Crippen LogP) is 4.48. The van der Waals surface area contributed by atoms with Crippen LogP contribution in [0, 0.1) is 5.82 Å². The highest BCUT2D eigenvalue weighted by Gasteiger charge is 2.13. The molecule has 0 aromatic heterocycles. The summed E-state index contributed by atoms with van der Waals surface area (Å²) in [4.78, 5) is 0. The first-order valence-electron chi connectivity index (χ1n) is 5.52. The van der Waals surface area contributed by atoms with E-state index in [1.54, 1.807) is 6.07 Å². The average molecular weight is 329 g/mol. The highest BCUT2D eigenvalue weighted by molar-refractivity contribution is 9.10. The van der Waals surface area contributed by atoms with Crippen LogP contribution in [0.5, 0.6) is 0 Å². The van der Waals surface area contributed by atoms with Crippen molar-refractivity contribution in [1.82, 2.24) is 0 Å². The summed E-state index contributed by atoms with van der Waals surface area (Å²) in [5.41, 5.74) is 7.90. The van der Waals surface area contributed by atoms with Crippen LogP contribution in [0.15, 0.2) is 46.9 Å². The lowest BCUT2D eigenvalue weighted by Gasteiger charge is -2.14. The summed E-state index contributed by atoms with van der Waals surface area (Å²) in [6.45, 7) is 0. The summed E-state index contributed by atoms with van der Waals surface area (Å²) in [6, 6.07) is 12.1. The molecule has 18 heavy (non-hydrogen) atoms. The number of rotatable bonds is 3. The summed E-state index contributed by atoms with van der Waals surface area (Å²) >= 11 is 9.15. The number of hydrogen-bond donors (Lipinski definition) is 1. The van der Waals surface area contributed by atoms with E-state index < -0.39 is 0 Å². The van der Waals surface area contributed by atoms with Gasteiger partial charge in [-0.2, -0.15) is 0 Å². The van der Waals surface area contributed by atoms with Gasteiger partial charge in [-0.3, -0.25) is 0 Å². The van der Waals surface area contributed by atoms with Gasteiger partial charge in [-0.05, 0) is 51.7 Å². The molecule has 2 N–H and O–H groups in total. The molecule has 1 unspecified atom stereocenters. The number of hydrogen-bond acceptors (Lipinski definition) is 1. The molecular weight excluding hydrogens is 317 g/mol. The molecule has 2 rings (SSSR count). The van der Waals surface area contributed by atoms with Gasteiger partial charge in [0.05, 0.1) is 4.47 Å². The third-order valence-electron chi connectivity index (χ3n) is 2.73. The Morgan fingerprint density at radius 2 is 1.94 bits per heavy atom. The van der Waals surface area contributed by atoms with Crippen LogP contribution in [0.25, 0.3) is 0 Å². The van der Waals surface area contributed by atoms with Gasteiger partial charge in [0.15, 0.2) is 0 Å². The molecule has 0 aliphatic heterocycles. The molecule has 0 spiro atoms. The van der Waals surface area contributed by atoms with E-state index in [4.69, 9.17) is 17.3 Å². The Labute approximate surface area is 119 Å². The van der Waals surface area contributed by atoms with Gasteiger partial charge in [0.25, 0.3) is 0 Å². The van der Waals surface area contributed by atoms with Gasteiger partial charge >= 0.3 is 0 Å². The molecule has 0 saturated carbocycles. The zero-order chi connectivity index (χ0) is 13.1. The number of benzene rings is 2. The Kier molecular flexibility index (Phi) is 4.38. The highest BCUT2D eigenvalue weighted by atomic mass is 79.9. The normalized spacial score (nSPS) is 12.4. The van der Waals surface area contributed by atoms with Gasteiger partial charge in [-0.1, -0.05) is 35.9 Å². The fourth-order valence-electron chi connectivity index (χ4n) is 1.83. The van der Waals surface area contributed by atoms with Gasteiger partial charge in [0, 0.05) is 11.1 Å². The lowest BCUT2D eigenvalue weighted by atomic mass is 10.00. The molecule has 4 heteroatoms. The lowest BCUT2D eigenvalue weighted by Crippen LogP contribution is -2.14. The van der Waals surface area contributed by atoms with Gasteiger partial charge in [-0.25, -0.2) is 4.39 Å². The minimum atomic E-state index is -0.297. The molecule has 0 fully saturated rings. The fourth-order valence-corrected chi connectivity index (χ4v) is 2.61. The minimum Gasteiger partial charge on any atom is -0.324 e. The van der Waals surface area contributed by atoms with E-state index in [1.807, 2.05) is 30.3 Å². The second-order valence-corrected chi connectivity index (χ2v) is 5.31. The van der Waals surface area contributed by atoms with Crippen LogP contribution in [-0.4, -0.2) is 0 Å². The van der Waals surface area contributed by atoms with Crippen LogP contribution in [0.1, 0.15) is 17.2 Å². The minimum absolute atomic E-state index is 0.270. The summed E-state index contributed by atoms with van der Waals surface area (Å²) in [5.74, 6) is -0.297.